The third kappa shape index (κ3) is 4.50. The van der Waals surface area contributed by atoms with Gasteiger partial charge in [-0.1, -0.05) is 25.1 Å². The van der Waals surface area contributed by atoms with E-state index in [2.05, 4.69) is 66.2 Å². The smallest absolute Gasteiger partial charge is 0.231 e. The number of hydrogen-bond donors (Lipinski definition) is 0. The number of hydrogen-bond acceptors (Lipinski definition) is 5. The molecule has 0 fully saturated rings. The molecule has 0 saturated heterocycles. The van der Waals surface area contributed by atoms with Crippen molar-refractivity contribution < 1.29 is 40.5 Å². The molecule has 0 aliphatic carbocycles. The van der Waals surface area contributed by atoms with Gasteiger partial charge in [-0.15, -0.1) is 11.8 Å². The Kier molecular flexibility index (Phi) is 7.30. The Morgan fingerprint density at radius 2 is 1.86 bits per heavy atom. The zero-order chi connectivity index (χ0) is 23.8. The quantitative estimate of drug-likeness (QED) is 0.196. The number of pyridine rings is 1. The van der Waals surface area contributed by atoms with Crippen molar-refractivity contribution >= 4 is 22.5 Å². The van der Waals surface area contributed by atoms with Gasteiger partial charge < -0.3 is 35.9 Å². The van der Waals surface area contributed by atoms with Crippen LogP contribution in [0.1, 0.15) is 18.1 Å². The monoisotopic (exact) mass is 565 g/mol. The summed E-state index contributed by atoms with van der Waals surface area (Å²) in [5.74, 6) is 4.10. The Labute approximate surface area is 226 Å². The van der Waals surface area contributed by atoms with Crippen molar-refractivity contribution in [2.24, 2.45) is 0 Å². The number of ether oxygens (including phenoxy) is 4. The topological polar surface area (TPSA) is 40.8 Å². The summed E-state index contributed by atoms with van der Waals surface area (Å²) in [6, 6.07) is 19.2. The highest BCUT2D eigenvalue weighted by Crippen LogP contribution is 2.41. The summed E-state index contributed by atoms with van der Waals surface area (Å²) in [6.07, 6.45) is 4.19. The van der Waals surface area contributed by atoms with Crippen LogP contribution in [-0.4, -0.2) is 26.3 Å². The summed E-state index contributed by atoms with van der Waals surface area (Å²) in [5, 5.41) is 2.19. The highest BCUT2D eigenvalue weighted by atomic mass is 79.9. The molecule has 186 valence electrons. The molecule has 5 nitrogen and oxygen atoms in total. The lowest BCUT2D eigenvalue weighted by atomic mass is 9.95. The van der Waals surface area contributed by atoms with Crippen LogP contribution in [0.2, 0.25) is 0 Å². The molecule has 1 aromatic heterocycles. The van der Waals surface area contributed by atoms with Crippen molar-refractivity contribution in [1.82, 2.24) is 0 Å². The van der Waals surface area contributed by atoms with E-state index in [0.29, 0.717) is 13.4 Å². The molecule has 2 aliphatic heterocycles. The molecular formula is C29H28BrNO4S. The van der Waals surface area contributed by atoms with Gasteiger partial charge >= 0.3 is 0 Å². The molecule has 0 N–H and O–H groups in total. The molecule has 0 amide bonds. The van der Waals surface area contributed by atoms with E-state index >= 15 is 0 Å². The fraction of sp³-hybridized carbons (Fsp3) is 0.276. The van der Waals surface area contributed by atoms with Crippen LogP contribution in [0.4, 0.5) is 0 Å². The maximum Gasteiger partial charge on any atom is 0.231 e. The molecule has 0 spiro atoms. The SMILES string of the molecule is CCc1ccccc1SCCOc1c(OC)ccc2cc3[n+](cc12)CCc1cc2c(cc1-3)OCO2.[Br-]. The average molecular weight is 567 g/mol. The van der Waals surface area contributed by atoms with Gasteiger partial charge in [0.2, 0.25) is 12.5 Å². The molecule has 7 heteroatoms. The van der Waals surface area contributed by atoms with E-state index in [1.807, 2.05) is 17.8 Å². The average Bonchev–Trinajstić information content (AvgIpc) is 3.36. The first-order valence-corrected chi connectivity index (χ1v) is 13.0. The highest BCUT2D eigenvalue weighted by molar-refractivity contribution is 7.99. The number of rotatable bonds is 7. The van der Waals surface area contributed by atoms with Crippen molar-refractivity contribution in [3.05, 3.63) is 71.9 Å². The molecule has 0 bridgehead atoms. The predicted octanol–water partition coefficient (Wildman–Crippen LogP) is 2.83. The number of thioether (sulfide) groups is 1. The Hall–Kier alpha value is -2.90. The molecule has 36 heavy (non-hydrogen) atoms. The molecule has 4 aromatic rings. The Balaban J connectivity index is 0.00000267. The van der Waals surface area contributed by atoms with Gasteiger partial charge in [-0.25, -0.2) is 0 Å². The lowest BCUT2D eigenvalue weighted by molar-refractivity contribution is -0.686. The molecular weight excluding hydrogens is 538 g/mol. The molecule has 0 unspecified atom stereocenters. The van der Waals surface area contributed by atoms with Crippen molar-refractivity contribution in [1.29, 1.82) is 0 Å². The Morgan fingerprint density at radius 1 is 1.03 bits per heavy atom. The third-order valence-corrected chi connectivity index (χ3v) is 7.82. The van der Waals surface area contributed by atoms with Crippen molar-refractivity contribution in [3.8, 4) is 34.3 Å². The second-order valence-corrected chi connectivity index (χ2v) is 9.86. The van der Waals surface area contributed by atoms with Crippen LogP contribution < -0.4 is 40.5 Å². The first kappa shape index (κ1) is 24.8. The van der Waals surface area contributed by atoms with Crippen LogP contribution in [0.15, 0.2) is 65.7 Å². The molecule has 3 aromatic carbocycles. The summed E-state index contributed by atoms with van der Waals surface area (Å²) in [7, 11) is 1.70. The minimum Gasteiger partial charge on any atom is -1.00 e. The second-order valence-electron chi connectivity index (χ2n) is 8.72. The van der Waals surface area contributed by atoms with Crippen LogP contribution in [0, 0.1) is 0 Å². The number of benzene rings is 3. The van der Waals surface area contributed by atoms with Crippen LogP contribution in [0.25, 0.3) is 22.0 Å². The van der Waals surface area contributed by atoms with E-state index in [-0.39, 0.29) is 17.0 Å². The Bertz CT molecular complexity index is 1420. The van der Waals surface area contributed by atoms with E-state index in [1.165, 1.54) is 27.3 Å². The van der Waals surface area contributed by atoms with Gasteiger partial charge in [0, 0.05) is 23.1 Å². The summed E-state index contributed by atoms with van der Waals surface area (Å²) in [5.41, 5.74) is 5.06. The normalized spacial score (nSPS) is 13.1. The van der Waals surface area contributed by atoms with Crippen molar-refractivity contribution in [3.63, 3.8) is 0 Å². The number of fused-ring (bicyclic) bond motifs is 5. The van der Waals surface area contributed by atoms with Gasteiger partial charge in [0.1, 0.15) is 0 Å². The van der Waals surface area contributed by atoms with Crippen molar-refractivity contribution in [2.45, 2.75) is 31.2 Å². The van der Waals surface area contributed by atoms with Gasteiger partial charge in [-0.2, -0.15) is 4.57 Å². The molecule has 0 radical (unpaired) electrons. The fourth-order valence-corrected chi connectivity index (χ4v) is 5.90. The minimum atomic E-state index is 0. The molecule has 3 heterocycles. The van der Waals surface area contributed by atoms with E-state index in [1.54, 1.807) is 7.11 Å². The van der Waals surface area contributed by atoms with Gasteiger partial charge in [0.05, 0.1) is 24.7 Å². The highest BCUT2D eigenvalue weighted by Gasteiger charge is 2.28. The zero-order valence-electron chi connectivity index (χ0n) is 20.4. The molecule has 6 rings (SSSR count). The maximum atomic E-state index is 6.36. The number of aromatic nitrogens is 1. The standard InChI is InChI=1S/C29H28NO4S.BrH/c1-3-19-6-4-5-7-28(19)35-13-12-32-29-23-17-30-11-10-21-15-26-27(34-18-33-26)16-22(21)24(30)14-20(23)8-9-25(29)31-2;/h4-9,14-17H,3,10-13,18H2,1-2H3;1H/q+1;/p-1. The lowest BCUT2D eigenvalue weighted by Gasteiger charge is -2.18. The van der Waals surface area contributed by atoms with Crippen molar-refractivity contribution in [2.75, 3.05) is 26.3 Å². The predicted molar refractivity (Wildman–Crippen MR) is 138 cm³/mol. The first-order chi connectivity index (χ1) is 17.2. The summed E-state index contributed by atoms with van der Waals surface area (Å²) in [4.78, 5) is 1.33. The fourth-order valence-electron chi connectivity index (χ4n) is 4.94. The lowest BCUT2D eigenvalue weighted by Crippen LogP contribution is -3.00. The van der Waals surface area contributed by atoms with Gasteiger partial charge in [-0.3, -0.25) is 0 Å². The number of aryl methyl sites for hydroxylation is 3. The summed E-state index contributed by atoms with van der Waals surface area (Å²) < 4.78 is 25.6. The van der Waals surface area contributed by atoms with E-state index in [4.69, 9.17) is 18.9 Å². The van der Waals surface area contributed by atoms with Crippen LogP contribution in [-0.2, 0) is 19.4 Å². The van der Waals surface area contributed by atoms with Gasteiger partial charge in [0.25, 0.3) is 0 Å². The molecule has 0 saturated carbocycles. The largest absolute Gasteiger partial charge is 1.00 e. The zero-order valence-corrected chi connectivity index (χ0v) is 22.8. The van der Waals surface area contributed by atoms with Crippen LogP contribution >= 0.6 is 11.8 Å². The van der Waals surface area contributed by atoms with E-state index in [9.17, 15) is 0 Å². The first-order valence-electron chi connectivity index (χ1n) is 12.1. The van der Waals surface area contributed by atoms with E-state index < -0.39 is 0 Å². The van der Waals surface area contributed by atoms with Crippen LogP contribution in [0.3, 0.4) is 0 Å². The molecule has 0 atom stereocenters. The van der Waals surface area contributed by atoms with Gasteiger partial charge in [0.15, 0.2) is 35.7 Å². The summed E-state index contributed by atoms with van der Waals surface area (Å²) in [6.45, 7) is 3.99. The number of methoxy groups -OCH3 is 1. The third-order valence-electron chi connectivity index (χ3n) is 6.74. The molecule has 2 aliphatic rings. The number of nitrogens with zero attached hydrogens (tertiary/aromatic N) is 1. The summed E-state index contributed by atoms with van der Waals surface area (Å²) >= 11 is 1.84. The van der Waals surface area contributed by atoms with Gasteiger partial charge in [-0.05, 0) is 53.3 Å². The maximum absolute atomic E-state index is 6.36. The van der Waals surface area contributed by atoms with Crippen LogP contribution in [0.5, 0.6) is 23.0 Å². The minimum absolute atomic E-state index is 0. The second kappa shape index (κ2) is 10.6. The Morgan fingerprint density at radius 3 is 2.69 bits per heavy atom. The number of halogens is 1. The van der Waals surface area contributed by atoms with E-state index in [0.717, 1.165) is 58.9 Å².